The normalized spacial score (nSPS) is 11.5. The van der Waals surface area contributed by atoms with Crippen LogP contribution in [0.15, 0.2) is 108 Å². The molecule has 0 unspecified atom stereocenters. The predicted molar refractivity (Wildman–Crippen MR) is 127 cm³/mol. The molecule has 0 bridgehead atoms. The highest BCUT2D eigenvalue weighted by molar-refractivity contribution is 6.40. The van der Waals surface area contributed by atoms with Crippen molar-refractivity contribution in [2.24, 2.45) is 0 Å². The molecule has 6 aromatic rings. The zero-order chi connectivity index (χ0) is 20.1. The van der Waals surface area contributed by atoms with Gasteiger partial charge >= 0.3 is 0 Å². The molecule has 1 aromatic heterocycles. The summed E-state index contributed by atoms with van der Waals surface area (Å²) in [5.74, 6) is 0. The van der Waals surface area contributed by atoms with Gasteiger partial charge in [0.1, 0.15) is 11.2 Å². The third kappa shape index (κ3) is 2.63. The van der Waals surface area contributed by atoms with Crippen molar-refractivity contribution in [2.45, 2.75) is 0 Å². The van der Waals surface area contributed by atoms with Crippen molar-refractivity contribution in [1.29, 1.82) is 0 Å². The predicted octanol–water partition coefficient (Wildman–Crippen LogP) is 8.73. The molecule has 0 N–H and O–H groups in total. The van der Waals surface area contributed by atoms with Crippen LogP contribution in [0.25, 0.3) is 55.0 Å². The number of halogens is 1. The largest absolute Gasteiger partial charge is 0.456 e. The fourth-order valence-corrected chi connectivity index (χ4v) is 4.67. The molecular weight excluding hydrogens is 388 g/mol. The molecule has 0 saturated carbocycles. The van der Waals surface area contributed by atoms with Crippen LogP contribution in [0.3, 0.4) is 0 Å². The van der Waals surface area contributed by atoms with Gasteiger partial charge < -0.3 is 4.42 Å². The maximum Gasteiger partial charge on any atom is 0.136 e. The van der Waals surface area contributed by atoms with Crippen LogP contribution in [0.1, 0.15) is 0 Å². The third-order valence-corrected chi connectivity index (χ3v) is 6.14. The van der Waals surface area contributed by atoms with E-state index in [4.69, 9.17) is 16.0 Å². The van der Waals surface area contributed by atoms with Crippen molar-refractivity contribution in [3.05, 3.63) is 108 Å². The molecule has 5 aromatic carbocycles. The quantitative estimate of drug-likeness (QED) is 0.281. The molecule has 0 spiro atoms. The SMILES string of the molecule is Clc1c(-c2ccccc2-c2ccccc2)ccc2oc3cc4ccccc4cc3c12. The van der Waals surface area contributed by atoms with E-state index in [9.17, 15) is 0 Å². The summed E-state index contributed by atoms with van der Waals surface area (Å²) in [6.45, 7) is 0. The van der Waals surface area contributed by atoms with Gasteiger partial charge in [0, 0.05) is 16.3 Å². The Balaban J connectivity index is 1.65. The molecule has 0 saturated heterocycles. The Hall–Kier alpha value is -3.55. The van der Waals surface area contributed by atoms with Crippen molar-refractivity contribution in [3.8, 4) is 22.3 Å². The number of hydrogen-bond acceptors (Lipinski definition) is 1. The average molecular weight is 405 g/mol. The van der Waals surface area contributed by atoms with Crippen LogP contribution in [-0.4, -0.2) is 0 Å². The molecule has 1 nitrogen and oxygen atoms in total. The van der Waals surface area contributed by atoms with Gasteiger partial charge in [0.05, 0.1) is 5.02 Å². The highest BCUT2D eigenvalue weighted by Crippen LogP contribution is 2.43. The van der Waals surface area contributed by atoms with E-state index in [2.05, 4.69) is 84.9 Å². The summed E-state index contributed by atoms with van der Waals surface area (Å²) < 4.78 is 6.16. The van der Waals surface area contributed by atoms with E-state index >= 15 is 0 Å². The second-order valence-electron chi connectivity index (χ2n) is 7.51. The third-order valence-electron chi connectivity index (χ3n) is 5.74. The summed E-state index contributed by atoms with van der Waals surface area (Å²) in [5, 5.41) is 5.09. The van der Waals surface area contributed by atoms with E-state index in [1.807, 2.05) is 18.2 Å². The topological polar surface area (TPSA) is 13.1 Å². The van der Waals surface area contributed by atoms with Gasteiger partial charge in [0.25, 0.3) is 0 Å². The molecule has 142 valence electrons. The van der Waals surface area contributed by atoms with Gasteiger partial charge in [-0.3, -0.25) is 0 Å². The molecule has 0 aliphatic heterocycles. The van der Waals surface area contributed by atoms with Crippen molar-refractivity contribution in [2.75, 3.05) is 0 Å². The van der Waals surface area contributed by atoms with Crippen LogP contribution < -0.4 is 0 Å². The number of hydrogen-bond donors (Lipinski definition) is 0. The lowest BCUT2D eigenvalue weighted by Gasteiger charge is -2.12. The Bertz CT molecular complexity index is 1540. The Morgan fingerprint density at radius 1 is 0.533 bits per heavy atom. The molecule has 0 radical (unpaired) electrons. The Kier molecular flexibility index (Phi) is 3.90. The van der Waals surface area contributed by atoms with Gasteiger partial charge in [-0.2, -0.15) is 0 Å². The standard InChI is InChI=1S/C28H17ClO/c29-28-23(22-13-7-6-12-21(22)18-8-2-1-3-9-18)14-15-25-27(28)24-16-19-10-4-5-11-20(19)17-26(24)30-25/h1-17H. The van der Waals surface area contributed by atoms with Crippen LogP contribution in [0.4, 0.5) is 0 Å². The Morgan fingerprint density at radius 2 is 1.20 bits per heavy atom. The first-order chi connectivity index (χ1) is 14.8. The minimum absolute atomic E-state index is 0.727. The molecule has 0 amide bonds. The van der Waals surface area contributed by atoms with Crippen LogP contribution in [0, 0.1) is 0 Å². The van der Waals surface area contributed by atoms with Crippen LogP contribution in [0.5, 0.6) is 0 Å². The van der Waals surface area contributed by atoms with Crippen molar-refractivity contribution < 1.29 is 4.42 Å². The van der Waals surface area contributed by atoms with Crippen molar-refractivity contribution in [1.82, 2.24) is 0 Å². The van der Waals surface area contributed by atoms with Gasteiger partial charge in [0.15, 0.2) is 0 Å². The first-order valence-corrected chi connectivity index (χ1v) is 10.4. The maximum atomic E-state index is 7.05. The highest BCUT2D eigenvalue weighted by atomic mass is 35.5. The Morgan fingerprint density at radius 3 is 2.00 bits per heavy atom. The zero-order valence-corrected chi connectivity index (χ0v) is 16.9. The van der Waals surface area contributed by atoms with E-state index in [1.165, 1.54) is 10.9 Å². The van der Waals surface area contributed by atoms with E-state index in [0.29, 0.717) is 0 Å². The number of furan rings is 1. The molecule has 30 heavy (non-hydrogen) atoms. The first-order valence-electron chi connectivity index (χ1n) is 9.98. The number of benzene rings is 5. The molecule has 1 heterocycles. The smallest absolute Gasteiger partial charge is 0.136 e. The first kappa shape index (κ1) is 17.3. The maximum absolute atomic E-state index is 7.05. The molecular formula is C28H17ClO. The van der Waals surface area contributed by atoms with E-state index in [0.717, 1.165) is 49.0 Å². The fraction of sp³-hybridized carbons (Fsp3) is 0. The molecule has 0 atom stereocenters. The lowest BCUT2D eigenvalue weighted by Crippen LogP contribution is -1.86. The molecule has 2 heteroatoms. The second-order valence-corrected chi connectivity index (χ2v) is 7.89. The summed E-state index contributed by atoms with van der Waals surface area (Å²) in [4.78, 5) is 0. The van der Waals surface area contributed by atoms with Crippen LogP contribution in [-0.2, 0) is 0 Å². The fourth-order valence-electron chi connectivity index (χ4n) is 4.31. The average Bonchev–Trinajstić information content (AvgIpc) is 3.16. The molecule has 0 fully saturated rings. The summed E-state index contributed by atoms with van der Waals surface area (Å²) in [7, 11) is 0. The van der Waals surface area contributed by atoms with Gasteiger partial charge in [0.2, 0.25) is 0 Å². The summed E-state index contributed by atoms with van der Waals surface area (Å²) >= 11 is 7.05. The van der Waals surface area contributed by atoms with E-state index in [1.54, 1.807) is 0 Å². The second kappa shape index (κ2) is 6.76. The Labute approximate surface area is 179 Å². The zero-order valence-electron chi connectivity index (χ0n) is 16.1. The van der Waals surface area contributed by atoms with E-state index in [-0.39, 0.29) is 0 Å². The number of rotatable bonds is 2. The lowest BCUT2D eigenvalue weighted by molar-refractivity contribution is 0.669. The van der Waals surface area contributed by atoms with Gasteiger partial charge in [-0.15, -0.1) is 0 Å². The van der Waals surface area contributed by atoms with Crippen LogP contribution in [0.2, 0.25) is 5.02 Å². The molecule has 0 aliphatic rings. The summed E-state index contributed by atoms with van der Waals surface area (Å²) in [5.41, 5.74) is 6.14. The minimum Gasteiger partial charge on any atom is -0.456 e. The van der Waals surface area contributed by atoms with Gasteiger partial charge in [-0.05, 0) is 51.7 Å². The number of fused-ring (bicyclic) bond motifs is 4. The monoisotopic (exact) mass is 404 g/mol. The minimum atomic E-state index is 0.727. The summed E-state index contributed by atoms with van der Waals surface area (Å²) in [6.07, 6.45) is 0. The lowest BCUT2D eigenvalue weighted by atomic mass is 9.93. The highest BCUT2D eigenvalue weighted by Gasteiger charge is 2.17. The van der Waals surface area contributed by atoms with Crippen molar-refractivity contribution >= 4 is 44.3 Å². The summed E-state index contributed by atoms with van der Waals surface area (Å²) in [6, 6.07) is 35.5. The van der Waals surface area contributed by atoms with Crippen molar-refractivity contribution in [3.63, 3.8) is 0 Å². The van der Waals surface area contributed by atoms with Crippen LogP contribution >= 0.6 is 11.6 Å². The molecule has 0 aliphatic carbocycles. The van der Waals surface area contributed by atoms with Gasteiger partial charge in [-0.25, -0.2) is 0 Å². The van der Waals surface area contributed by atoms with Gasteiger partial charge in [-0.1, -0.05) is 90.5 Å². The molecule has 6 rings (SSSR count). The van der Waals surface area contributed by atoms with E-state index < -0.39 is 0 Å².